The zero-order valence-corrected chi connectivity index (χ0v) is 15.3. The molecule has 0 radical (unpaired) electrons. The highest BCUT2D eigenvalue weighted by atomic mass is 16.5. The van der Waals surface area contributed by atoms with Gasteiger partial charge in [-0.1, -0.05) is 0 Å². The van der Waals surface area contributed by atoms with Gasteiger partial charge in [-0.3, -0.25) is 9.88 Å². The Morgan fingerprint density at radius 2 is 2.04 bits per heavy atom. The van der Waals surface area contributed by atoms with Crippen molar-refractivity contribution < 1.29 is 4.74 Å². The number of rotatable bonds is 4. The fraction of sp³-hybridized carbons (Fsp3) is 0.526. The number of aromatic nitrogens is 3. The molecule has 0 aliphatic carbocycles. The van der Waals surface area contributed by atoms with Crippen molar-refractivity contribution >= 4 is 11.6 Å². The van der Waals surface area contributed by atoms with Crippen LogP contribution in [0.5, 0.6) is 0 Å². The molecule has 2 fully saturated rings. The van der Waals surface area contributed by atoms with Crippen molar-refractivity contribution in [3.05, 3.63) is 41.5 Å². The Balaban J connectivity index is 1.44. The molecule has 0 amide bonds. The minimum Gasteiger partial charge on any atom is -0.399 e. The van der Waals surface area contributed by atoms with Crippen LogP contribution in [0.4, 0.5) is 11.6 Å². The second kappa shape index (κ2) is 7.55. The summed E-state index contributed by atoms with van der Waals surface area (Å²) in [5.41, 5.74) is 9.59. The van der Waals surface area contributed by atoms with Crippen LogP contribution in [0.15, 0.2) is 24.4 Å². The van der Waals surface area contributed by atoms with E-state index in [0.717, 1.165) is 61.4 Å². The summed E-state index contributed by atoms with van der Waals surface area (Å²) in [7, 11) is 0. The largest absolute Gasteiger partial charge is 0.399 e. The van der Waals surface area contributed by atoms with Gasteiger partial charge in [-0.05, 0) is 38.0 Å². The SMILES string of the molecule is Cc1cc(N)cc([C@H]2CN(Cc3ccnc(N4CCCC4)n3)CCO2)n1. The fourth-order valence-electron chi connectivity index (χ4n) is 3.68. The zero-order valence-electron chi connectivity index (χ0n) is 15.3. The van der Waals surface area contributed by atoms with E-state index in [4.69, 9.17) is 15.5 Å². The van der Waals surface area contributed by atoms with Crippen molar-refractivity contribution in [3.63, 3.8) is 0 Å². The molecule has 0 aromatic carbocycles. The van der Waals surface area contributed by atoms with E-state index in [2.05, 4.69) is 19.8 Å². The second-order valence-corrected chi connectivity index (χ2v) is 7.10. The van der Waals surface area contributed by atoms with Gasteiger partial charge in [0.2, 0.25) is 5.95 Å². The van der Waals surface area contributed by atoms with Gasteiger partial charge in [-0.15, -0.1) is 0 Å². The van der Waals surface area contributed by atoms with Crippen LogP contribution in [0.1, 0.15) is 36.0 Å². The number of aryl methyl sites for hydroxylation is 1. The maximum absolute atomic E-state index is 5.97. The molecule has 4 heterocycles. The number of hydrogen-bond donors (Lipinski definition) is 1. The lowest BCUT2D eigenvalue weighted by Crippen LogP contribution is -2.38. The summed E-state index contributed by atoms with van der Waals surface area (Å²) in [5.74, 6) is 0.859. The summed E-state index contributed by atoms with van der Waals surface area (Å²) in [6, 6.07) is 5.80. The first kappa shape index (κ1) is 17.2. The number of ether oxygens (including phenoxy) is 1. The van der Waals surface area contributed by atoms with E-state index in [1.54, 1.807) is 0 Å². The number of anilines is 2. The third-order valence-corrected chi connectivity index (χ3v) is 4.95. The van der Waals surface area contributed by atoms with Gasteiger partial charge in [-0.25, -0.2) is 9.97 Å². The van der Waals surface area contributed by atoms with Crippen molar-refractivity contribution in [1.29, 1.82) is 0 Å². The monoisotopic (exact) mass is 354 g/mol. The Morgan fingerprint density at radius 3 is 2.85 bits per heavy atom. The quantitative estimate of drug-likeness (QED) is 0.898. The molecule has 2 saturated heterocycles. The van der Waals surface area contributed by atoms with Crippen molar-refractivity contribution in [2.24, 2.45) is 0 Å². The number of nitrogen functional groups attached to an aromatic ring is 1. The highest BCUT2D eigenvalue weighted by Gasteiger charge is 2.24. The number of pyridine rings is 1. The number of morpholine rings is 1. The average molecular weight is 354 g/mol. The average Bonchev–Trinajstić information content (AvgIpc) is 3.16. The van der Waals surface area contributed by atoms with Crippen LogP contribution in [0.25, 0.3) is 0 Å². The van der Waals surface area contributed by atoms with Crippen molar-refractivity contribution in [1.82, 2.24) is 19.9 Å². The van der Waals surface area contributed by atoms with Crippen LogP contribution < -0.4 is 10.6 Å². The Bertz CT molecular complexity index is 741. The predicted molar refractivity (Wildman–Crippen MR) is 101 cm³/mol. The summed E-state index contributed by atoms with van der Waals surface area (Å²) < 4.78 is 5.95. The number of nitrogens with zero attached hydrogens (tertiary/aromatic N) is 5. The van der Waals surface area contributed by atoms with Crippen LogP contribution in [-0.2, 0) is 11.3 Å². The highest BCUT2D eigenvalue weighted by molar-refractivity contribution is 5.40. The highest BCUT2D eigenvalue weighted by Crippen LogP contribution is 2.24. The van der Waals surface area contributed by atoms with Gasteiger partial charge >= 0.3 is 0 Å². The minimum absolute atomic E-state index is 0.0501. The van der Waals surface area contributed by atoms with E-state index in [0.29, 0.717) is 6.61 Å². The first-order valence-electron chi connectivity index (χ1n) is 9.32. The fourth-order valence-corrected chi connectivity index (χ4v) is 3.68. The number of hydrogen-bond acceptors (Lipinski definition) is 7. The molecule has 2 aliphatic heterocycles. The first-order valence-corrected chi connectivity index (χ1v) is 9.32. The predicted octanol–water partition coefficient (Wildman–Crippen LogP) is 1.94. The van der Waals surface area contributed by atoms with Crippen LogP contribution >= 0.6 is 0 Å². The molecule has 138 valence electrons. The topological polar surface area (TPSA) is 80.4 Å². The summed E-state index contributed by atoms with van der Waals surface area (Å²) >= 11 is 0. The molecule has 0 saturated carbocycles. The van der Waals surface area contributed by atoms with Gasteiger partial charge in [-0.2, -0.15) is 0 Å². The van der Waals surface area contributed by atoms with E-state index in [-0.39, 0.29) is 6.10 Å². The molecule has 26 heavy (non-hydrogen) atoms. The standard InChI is InChI=1S/C19H26N6O/c1-14-10-15(20)11-17(22-14)18-13-24(8-9-26-18)12-16-4-5-21-19(23-16)25-6-2-3-7-25/h4-5,10-11,18H,2-3,6-9,12-13H2,1H3,(H2,20,22)/t18-/m1/s1. The Labute approximate surface area is 154 Å². The van der Waals surface area contributed by atoms with Gasteiger partial charge < -0.3 is 15.4 Å². The maximum Gasteiger partial charge on any atom is 0.225 e. The van der Waals surface area contributed by atoms with Gasteiger partial charge in [0.25, 0.3) is 0 Å². The molecular formula is C19H26N6O. The molecule has 2 aromatic rings. The van der Waals surface area contributed by atoms with E-state index < -0.39 is 0 Å². The van der Waals surface area contributed by atoms with E-state index in [1.165, 1.54) is 12.8 Å². The molecule has 2 aliphatic rings. The Kier molecular flexibility index (Phi) is 4.99. The molecule has 2 aromatic heterocycles. The van der Waals surface area contributed by atoms with Gasteiger partial charge in [0.15, 0.2) is 0 Å². The molecule has 0 bridgehead atoms. The second-order valence-electron chi connectivity index (χ2n) is 7.10. The van der Waals surface area contributed by atoms with Crippen molar-refractivity contribution in [3.8, 4) is 0 Å². The van der Waals surface area contributed by atoms with Crippen molar-refractivity contribution in [2.75, 3.05) is 43.4 Å². The first-order chi connectivity index (χ1) is 12.7. The van der Waals surface area contributed by atoms with Gasteiger partial charge in [0.1, 0.15) is 6.10 Å². The molecule has 0 unspecified atom stereocenters. The normalized spacial score (nSPS) is 21.3. The van der Waals surface area contributed by atoms with Crippen LogP contribution in [0, 0.1) is 6.92 Å². The van der Waals surface area contributed by atoms with E-state index >= 15 is 0 Å². The lowest BCUT2D eigenvalue weighted by Gasteiger charge is -2.32. The zero-order chi connectivity index (χ0) is 17.9. The maximum atomic E-state index is 5.97. The third-order valence-electron chi connectivity index (χ3n) is 4.95. The molecule has 2 N–H and O–H groups in total. The third kappa shape index (κ3) is 3.94. The molecule has 1 atom stereocenters. The molecular weight excluding hydrogens is 328 g/mol. The molecule has 7 nitrogen and oxygen atoms in total. The van der Waals surface area contributed by atoms with Gasteiger partial charge in [0, 0.05) is 50.3 Å². The smallest absolute Gasteiger partial charge is 0.225 e. The van der Waals surface area contributed by atoms with E-state index in [9.17, 15) is 0 Å². The van der Waals surface area contributed by atoms with Crippen LogP contribution in [0.3, 0.4) is 0 Å². The lowest BCUT2D eigenvalue weighted by atomic mass is 10.1. The Hall–Kier alpha value is -2.25. The lowest BCUT2D eigenvalue weighted by molar-refractivity contribution is -0.0353. The van der Waals surface area contributed by atoms with Crippen molar-refractivity contribution in [2.45, 2.75) is 32.4 Å². The summed E-state index contributed by atoms with van der Waals surface area (Å²) in [5, 5.41) is 0. The number of nitrogens with two attached hydrogens (primary N) is 1. The van der Waals surface area contributed by atoms with E-state index in [1.807, 2.05) is 31.3 Å². The van der Waals surface area contributed by atoms with Crippen LogP contribution in [0.2, 0.25) is 0 Å². The van der Waals surface area contributed by atoms with Gasteiger partial charge in [0.05, 0.1) is 18.0 Å². The molecule has 7 heteroatoms. The van der Waals surface area contributed by atoms with Crippen LogP contribution in [-0.4, -0.2) is 52.6 Å². The Morgan fingerprint density at radius 1 is 1.19 bits per heavy atom. The summed E-state index contributed by atoms with van der Waals surface area (Å²) in [6.45, 7) is 7.24. The minimum atomic E-state index is -0.0501. The summed E-state index contributed by atoms with van der Waals surface area (Å²) in [4.78, 5) is 18.5. The molecule has 0 spiro atoms. The summed E-state index contributed by atoms with van der Waals surface area (Å²) in [6.07, 6.45) is 4.28. The molecule has 4 rings (SSSR count).